The first kappa shape index (κ1) is 12.6. The summed E-state index contributed by atoms with van der Waals surface area (Å²) < 4.78 is 1.22. The van der Waals surface area contributed by atoms with Gasteiger partial charge in [-0.15, -0.1) is 11.3 Å². The van der Waals surface area contributed by atoms with Crippen LogP contribution in [-0.4, -0.2) is 26.2 Å². The molecule has 2 rings (SSSR count). The van der Waals surface area contributed by atoms with Crippen molar-refractivity contribution in [1.82, 2.24) is 10.6 Å². The monoisotopic (exact) mass is 302 g/mol. The maximum absolute atomic E-state index is 3.59. The molecule has 90 valence electrons. The van der Waals surface area contributed by atoms with Crippen molar-refractivity contribution in [2.75, 3.05) is 26.2 Å². The van der Waals surface area contributed by atoms with Crippen LogP contribution in [0.4, 0.5) is 0 Å². The van der Waals surface area contributed by atoms with Gasteiger partial charge in [0.05, 0.1) is 3.79 Å². The fourth-order valence-corrected chi connectivity index (χ4v) is 3.33. The molecule has 0 spiro atoms. The molecule has 0 atom stereocenters. The summed E-state index contributed by atoms with van der Waals surface area (Å²) in [6.07, 6.45) is 0. The van der Waals surface area contributed by atoms with Gasteiger partial charge >= 0.3 is 0 Å². The van der Waals surface area contributed by atoms with Crippen molar-refractivity contribution >= 4 is 27.3 Å². The number of hydrogen-bond acceptors (Lipinski definition) is 3. The van der Waals surface area contributed by atoms with Crippen LogP contribution in [0.3, 0.4) is 0 Å². The highest BCUT2D eigenvalue weighted by molar-refractivity contribution is 9.11. The zero-order valence-electron chi connectivity index (χ0n) is 9.85. The molecule has 4 heteroatoms. The van der Waals surface area contributed by atoms with Gasteiger partial charge in [-0.05, 0) is 34.0 Å². The molecule has 2 N–H and O–H groups in total. The molecule has 1 aliphatic rings. The summed E-state index contributed by atoms with van der Waals surface area (Å²) in [6.45, 7) is 9.16. The van der Waals surface area contributed by atoms with Gasteiger partial charge in [0.1, 0.15) is 0 Å². The molecule has 1 aromatic heterocycles. The summed E-state index contributed by atoms with van der Waals surface area (Å²) in [5.41, 5.74) is 0.230. The molecule has 0 amide bonds. The van der Waals surface area contributed by atoms with E-state index in [-0.39, 0.29) is 5.41 Å². The lowest BCUT2D eigenvalue weighted by molar-refractivity contribution is 0.320. The van der Waals surface area contributed by atoms with Gasteiger partial charge in [0, 0.05) is 36.5 Å². The van der Waals surface area contributed by atoms with E-state index in [0.29, 0.717) is 0 Å². The summed E-state index contributed by atoms with van der Waals surface area (Å²) in [5, 5.41) is 6.89. The quantitative estimate of drug-likeness (QED) is 0.874. The highest BCUT2D eigenvalue weighted by Crippen LogP contribution is 2.32. The van der Waals surface area contributed by atoms with Crippen LogP contribution in [0, 0.1) is 5.92 Å². The zero-order valence-corrected chi connectivity index (χ0v) is 12.2. The molecule has 0 aliphatic carbocycles. The smallest absolute Gasteiger partial charge is 0.0701 e. The molecule has 0 saturated carbocycles. The number of halogens is 1. The van der Waals surface area contributed by atoms with Crippen molar-refractivity contribution in [2.24, 2.45) is 5.92 Å². The Kier molecular flexibility index (Phi) is 4.06. The van der Waals surface area contributed by atoms with E-state index in [1.54, 1.807) is 0 Å². The van der Waals surface area contributed by atoms with E-state index >= 15 is 0 Å². The van der Waals surface area contributed by atoms with Gasteiger partial charge in [0.15, 0.2) is 0 Å². The Labute approximate surface area is 110 Å². The highest BCUT2D eigenvalue weighted by atomic mass is 79.9. The van der Waals surface area contributed by atoms with Crippen LogP contribution < -0.4 is 10.6 Å². The van der Waals surface area contributed by atoms with Crippen LogP contribution >= 0.6 is 27.3 Å². The molecule has 1 aliphatic heterocycles. The third-order valence-electron chi connectivity index (χ3n) is 3.11. The maximum Gasteiger partial charge on any atom is 0.0701 e. The second-order valence-electron chi connectivity index (χ2n) is 5.14. The molecule has 0 bridgehead atoms. The minimum absolute atomic E-state index is 0.230. The van der Waals surface area contributed by atoms with Crippen LogP contribution in [0.15, 0.2) is 15.9 Å². The molecule has 2 nitrogen and oxygen atoms in total. The average molecular weight is 303 g/mol. The normalized spacial score (nSPS) is 17.4. The molecule has 2 heterocycles. The summed E-state index contributed by atoms with van der Waals surface area (Å²) in [6, 6.07) is 4.36. The van der Waals surface area contributed by atoms with Crippen LogP contribution in [0.2, 0.25) is 0 Å². The number of rotatable bonds is 5. The lowest BCUT2D eigenvalue weighted by Crippen LogP contribution is -2.48. The van der Waals surface area contributed by atoms with E-state index in [1.165, 1.54) is 21.8 Å². The predicted molar refractivity (Wildman–Crippen MR) is 74.3 cm³/mol. The minimum Gasteiger partial charge on any atom is -0.316 e. The van der Waals surface area contributed by atoms with Crippen molar-refractivity contribution in [3.63, 3.8) is 0 Å². The van der Waals surface area contributed by atoms with Gasteiger partial charge in [-0.1, -0.05) is 13.8 Å². The Balaban J connectivity index is 1.81. The first-order chi connectivity index (χ1) is 7.58. The van der Waals surface area contributed by atoms with Gasteiger partial charge in [0.2, 0.25) is 0 Å². The van der Waals surface area contributed by atoms with Crippen molar-refractivity contribution in [3.8, 4) is 0 Å². The van der Waals surface area contributed by atoms with Gasteiger partial charge in [-0.2, -0.15) is 0 Å². The van der Waals surface area contributed by atoms with E-state index in [0.717, 1.165) is 19.0 Å². The molecular weight excluding hydrogens is 284 g/mol. The molecule has 16 heavy (non-hydrogen) atoms. The second kappa shape index (κ2) is 5.17. The predicted octanol–water partition coefficient (Wildman–Crippen LogP) is 2.60. The van der Waals surface area contributed by atoms with Crippen LogP contribution in [0.5, 0.6) is 0 Å². The van der Waals surface area contributed by atoms with Gasteiger partial charge in [0.25, 0.3) is 0 Å². The van der Waals surface area contributed by atoms with Crippen molar-refractivity contribution in [3.05, 3.63) is 20.8 Å². The Hall–Kier alpha value is 0.1000. The third-order valence-corrected chi connectivity index (χ3v) is 5.10. The van der Waals surface area contributed by atoms with Crippen LogP contribution in [0.25, 0.3) is 0 Å². The van der Waals surface area contributed by atoms with Gasteiger partial charge < -0.3 is 10.6 Å². The van der Waals surface area contributed by atoms with E-state index in [4.69, 9.17) is 0 Å². The van der Waals surface area contributed by atoms with E-state index in [1.807, 2.05) is 11.3 Å². The zero-order chi connectivity index (χ0) is 11.6. The third kappa shape index (κ3) is 3.06. The minimum atomic E-state index is 0.230. The number of nitrogens with one attached hydrogen (secondary N) is 2. The first-order valence-corrected chi connectivity index (χ1v) is 7.36. The molecule has 1 saturated heterocycles. The molecule has 0 radical (unpaired) electrons. The highest BCUT2D eigenvalue weighted by Gasteiger charge is 2.23. The van der Waals surface area contributed by atoms with Gasteiger partial charge in [-0.3, -0.25) is 0 Å². The van der Waals surface area contributed by atoms with Crippen molar-refractivity contribution in [2.45, 2.75) is 19.3 Å². The molecule has 1 aromatic rings. The average Bonchev–Trinajstić information content (AvgIpc) is 2.57. The Morgan fingerprint density at radius 1 is 1.50 bits per heavy atom. The topological polar surface area (TPSA) is 24.1 Å². The molecular formula is C12H19BrN2S. The Morgan fingerprint density at radius 2 is 2.25 bits per heavy atom. The Morgan fingerprint density at radius 3 is 2.75 bits per heavy atom. The standard InChI is InChI=1S/C12H19BrN2S/c1-12(2,10-3-4-11(13)16-10)8-15-7-9-5-14-6-9/h3-4,9,14-15H,5-8H2,1-2H3. The van der Waals surface area contributed by atoms with Crippen LogP contribution in [-0.2, 0) is 5.41 Å². The van der Waals surface area contributed by atoms with Crippen molar-refractivity contribution < 1.29 is 0 Å². The molecule has 0 unspecified atom stereocenters. The van der Waals surface area contributed by atoms with E-state index < -0.39 is 0 Å². The fraction of sp³-hybridized carbons (Fsp3) is 0.667. The molecule has 1 fully saturated rings. The van der Waals surface area contributed by atoms with E-state index in [9.17, 15) is 0 Å². The largest absolute Gasteiger partial charge is 0.316 e. The summed E-state index contributed by atoms with van der Waals surface area (Å²) in [5.74, 6) is 0.839. The number of thiophene rings is 1. The Bertz CT molecular complexity index is 345. The van der Waals surface area contributed by atoms with Crippen LogP contribution in [0.1, 0.15) is 18.7 Å². The fourth-order valence-electron chi connectivity index (χ4n) is 1.85. The summed E-state index contributed by atoms with van der Waals surface area (Å²) >= 11 is 5.36. The second-order valence-corrected chi connectivity index (χ2v) is 7.61. The summed E-state index contributed by atoms with van der Waals surface area (Å²) in [4.78, 5) is 1.44. The van der Waals surface area contributed by atoms with Gasteiger partial charge in [-0.25, -0.2) is 0 Å². The van der Waals surface area contributed by atoms with E-state index in [2.05, 4.69) is 52.5 Å². The number of hydrogen-bond donors (Lipinski definition) is 2. The lowest BCUT2D eigenvalue weighted by atomic mass is 9.91. The SMILES string of the molecule is CC(C)(CNCC1CNC1)c1ccc(Br)s1. The first-order valence-electron chi connectivity index (χ1n) is 5.75. The van der Waals surface area contributed by atoms with Crippen molar-refractivity contribution in [1.29, 1.82) is 0 Å². The summed E-state index contributed by atoms with van der Waals surface area (Å²) in [7, 11) is 0. The molecule has 0 aromatic carbocycles. The maximum atomic E-state index is 3.59. The lowest BCUT2D eigenvalue weighted by Gasteiger charge is -2.30.